The summed E-state index contributed by atoms with van der Waals surface area (Å²) >= 11 is 0. The van der Waals surface area contributed by atoms with Crippen molar-refractivity contribution in [3.8, 4) is 0 Å². The Bertz CT molecular complexity index is 329. The summed E-state index contributed by atoms with van der Waals surface area (Å²) in [5, 5.41) is 6.18. The lowest BCUT2D eigenvalue weighted by Gasteiger charge is -2.34. The number of rotatable bonds is 12. The summed E-state index contributed by atoms with van der Waals surface area (Å²) in [5.41, 5.74) is -0.631. The van der Waals surface area contributed by atoms with Gasteiger partial charge >= 0.3 is 0 Å². The van der Waals surface area contributed by atoms with E-state index in [1.165, 1.54) is 0 Å². The van der Waals surface area contributed by atoms with Gasteiger partial charge in [-0.2, -0.15) is 0 Å². The lowest BCUT2D eigenvalue weighted by Crippen LogP contribution is -2.53. The molecule has 5 heteroatoms. The van der Waals surface area contributed by atoms with Gasteiger partial charge in [0.2, 0.25) is 0 Å². The number of nitrogens with one attached hydrogen (secondary N) is 2. The summed E-state index contributed by atoms with van der Waals surface area (Å²) < 4.78 is 0. The predicted octanol–water partition coefficient (Wildman–Crippen LogP) is 1.08. The largest absolute Gasteiger partial charge is 0.316 e. The van der Waals surface area contributed by atoms with Gasteiger partial charge in [0.1, 0.15) is 0 Å². The molecule has 0 heterocycles. The van der Waals surface area contributed by atoms with E-state index in [9.17, 15) is 9.59 Å². The van der Waals surface area contributed by atoms with Gasteiger partial charge in [0.25, 0.3) is 0 Å². The van der Waals surface area contributed by atoms with Crippen molar-refractivity contribution in [3.63, 3.8) is 0 Å². The molecule has 0 saturated carbocycles. The number of carbonyl (C=O) groups excluding carboxylic acids is 2. The highest BCUT2D eigenvalue weighted by Crippen LogP contribution is 2.14. The highest BCUT2D eigenvalue weighted by Gasteiger charge is 2.32. The standard InChI is InChI=1S/C16H33N3O2/c1-7-8-9-18-10-13(2)14(20)12-19(6)16(3,4)15(21)11-17-5/h13,17-18H,7-12H2,1-6H3. The number of hydrogen-bond donors (Lipinski definition) is 2. The molecule has 0 aliphatic carbocycles. The molecule has 0 radical (unpaired) electrons. The molecule has 5 nitrogen and oxygen atoms in total. The fraction of sp³-hybridized carbons (Fsp3) is 0.875. The van der Waals surface area contributed by atoms with E-state index in [-0.39, 0.29) is 17.5 Å². The van der Waals surface area contributed by atoms with Crippen molar-refractivity contribution < 1.29 is 9.59 Å². The van der Waals surface area contributed by atoms with E-state index in [4.69, 9.17) is 0 Å². The first-order valence-electron chi connectivity index (χ1n) is 7.89. The molecule has 0 spiro atoms. The number of unbranched alkanes of at least 4 members (excludes halogenated alkanes) is 1. The third-order valence-corrected chi connectivity index (χ3v) is 4.07. The van der Waals surface area contributed by atoms with Crippen LogP contribution in [0.1, 0.15) is 40.5 Å². The van der Waals surface area contributed by atoms with Crippen LogP contribution < -0.4 is 10.6 Å². The molecule has 0 aromatic carbocycles. The molecule has 0 aliphatic heterocycles. The number of ketones is 2. The van der Waals surface area contributed by atoms with Crippen molar-refractivity contribution in [2.75, 3.05) is 40.3 Å². The van der Waals surface area contributed by atoms with Crippen LogP contribution in [0.3, 0.4) is 0 Å². The zero-order valence-corrected chi connectivity index (χ0v) is 14.6. The van der Waals surface area contributed by atoms with E-state index in [1.54, 1.807) is 7.05 Å². The summed E-state index contributed by atoms with van der Waals surface area (Å²) in [7, 11) is 3.59. The molecule has 0 fully saturated rings. The van der Waals surface area contributed by atoms with Crippen molar-refractivity contribution in [1.29, 1.82) is 0 Å². The maximum absolute atomic E-state index is 12.2. The van der Waals surface area contributed by atoms with Crippen LogP contribution in [0.15, 0.2) is 0 Å². The number of likely N-dealkylation sites (N-methyl/N-ethyl adjacent to an activating group) is 2. The van der Waals surface area contributed by atoms with E-state index >= 15 is 0 Å². The van der Waals surface area contributed by atoms with Gasteiger partial charge in [-0.15, -0.1) is 0 Å². The summed E-state index contributed by atoms with van der Waals surface area (Å²) in [4.78, 5) is 26.2. The molecule has 0 saturated heterocycles. The molecular formula is C16H33N3O2. The van der Waals surface area contributed by atoms with Crippen molar-refractivity contribution in [2.45, 2.75) is 46.1 Å². The van der Waals surface area contributed by atoms with Gasteiger partial charge in [-0.3, -0.25) is 14.5 Å². The fourth-order valence-electron chi connectivity index (χ4n) is 1.91. The molecular weight excluding hydrogens is 266 g/mol. The van der Waals surface area contributed by atoms with Gasteiger partial charge in [0.05, 0.1) is 18.6 Å². The van der Waals surface area contributed by atoms with E-state index in [2.05, 4.69) is 17.6 Å². The van der Waals surface area contributed by atoms with E-state index in [0.29, 0.717) is 19.6 Å². The van der Waals surface area contributed by atoms with E-state index in [0.717, 1.165) is 19.4 Å². The van der Waals surface area contributed by atoms with Crippen LogP contribution in [0.25, 0.3) is 0 Å². The number of hydrogen-bond acceptors (Lipinski definition) is 5. The van der Waals surface area contributed by atoms with Gasteiger partial charge in [-0.25, -0.2) is 0 Å². The highest BCUT2D eigenvalue weighted by molar-refractivity contribution is 5.90. The van der Waals surface area contributed by atoms with Crippen molar-refractivity contribution in [2.24, 2.45) is 5.92 Å². The SMILES string of the molecule is CCCCNCC(C)C(=O)CN(C)C(C)(C)C(=O)CNC. The molecule has 2 N–H and O–H groups in total. The molecule has 124 valence electrons. The Morgan fingerprint density at radius 3 is 2.43 bits per heavy atom. The van der Waals surface area contributed by atoms with Gasteiger partial charge in [-0.05, 0) is 40.9 Å². The fourth-order valence-corrected chi connectivity index (χ4v) is 1.91. The third kappa shape index (κ3) is 7.16. The Hall–Kier alpha value is -0.780. The predicted molar refractivity (Wildman–Crippen MR) is 87.6 cm³/mol. The monoisotopic (exact) mass is 299 g/mol. The first kappa shape index (κ1) is 20.2. The van der Waals surface area contributed by atoms with Crippen molar-refractivity contribution in [1.82, 2.24) is 15.5 Å². The molecule has 21 heavy (non-hydrogen) atoms. The summed E-state index contributed by atoms with van der Waals surface area (Å²) in [6.45, 7) is 10.1. The Balaban J connectivity index is 4.32. The maximum Gasteiger partial charge on any atom is 0.166 e. The zero-order valence-electron chi connectivity index (χ0n) is 14.6. The van der Waals surface area contributed by atoms with Crippen LogP contribution in [-0.2, 0) is 9.59 Å². The van der Waals surface area contributed by atoms with Crippen molar-refractivity contribution in [3.05, 3.63) is 0 Å². The Kier molecular flexibility index (Phi) is 9.66. The lowest BCUT2D eigenvalue weighted by molar-refractivity contribution is -0.131. The molecule has 0 rings (SSSR count). The van der Waals surface area contributed by atoms with Gasteiger partial charge in [0.15, 0.2) is 11.6 Å². The lowest BCUT2D eigenvalue weighted by atomic mass is 9.95. The second-order valence-electron chi connectivity index (χ2n) is 6.29. The maximum atomic E-state index is 12.2. The second kappa shape index (κ2) is 10.0. The quantitative estimate of drug-likeness (QED) is 0.528. The highest BCUT2D eigenvalue weighted by atomic mass is 16.1. The molecule has 0 amide bonds. The van der Waals surface area contributed by atoms with Crippen molar-refractivity contribution >= 4 is 11.6 Å². The summed E-state index contributed by atoms with van der Waals surface area (Å²) in [6.07, 6.45) is 2.28. The van der Waals surface area contributed by atoms with Gasteiger partial charge in [-0.1, -0.05) is 20.3 Å². The van der Waals surface area contributed by atoms with Crippen LogP contribution in [0, 0.1) is 5.92 Å². The molecule has 0 aromatic heterocycles. The number of nitrogens with zero attached hydrogens (tertiary/aromatic N) is 1. The van der Waals surface area contributed by atoms with Crippen LogP contribution in [0.4, 0.5) is 0 Å². The summed E-state index contributed by atoms with van der Waals surface area (Å²) in [5.74, 6) is 0.236. The number of Topliss-reactive ketones (excluding diaryl/α,β-unsaturated/α-hetero) is 2. The van der Waals surface area contributed by atoms with Crippen LogP contribution in [0.5, 0.6) is 0 Å². The van der Waals surface area contributed by atoms with Crippen LogP contribution in [-0.4, -0.2) is 62.3 Å². The van der Waals surface area contributed by atoms with Gasteiger partial charge < -0.3 is 10.6 Å². The molecule has 0 aromatic rings. The zero-order chi connectivity index (χ0) is 16.5. The smallest absolute Gasteiger partial charge is 0.166 e. The number of carbonyl (C=O) groups is 2. The molecule has 1 atom stereocenters. The average Bonchev–Trinajstić information content (AvgIpc) is 2.43. The van der Waals surface area contributed by atoms with Gasteiger partial charge in [0, 0.05) is 12.5 Å². The minimum atomic E-state index is -0.631. The van der Waals surface area contributed by atoms with Crippen LogP contribution in [0.2, 0.25) is 0 Å². The van der Waals surface area contributed by atoms with Crippen LogP contribution >= 0.6 is 0 Å². The normalized spacial score (nSPS) is 13.5. The minimum Gasteiger partial charge on any atom is -0.316 e. The summed E-state index contributed by atoms with van der Waals surface area (Å²) in [6, 6.07) is 0. The molecule has 1 unspecified atom stereocenters. The van der Waals surface area contributed by atoms with E-state index < -0.39 is 5.54 Å². The Morgan fingerprint density at radius 2 is 1.90 bits per heavy atom. The molecule has 0 aliphatic rings. The third-order valence-electron chi connectivity index (χ3n) is 4.07. The first-order valence-corrected chi connectivity index (χ1v) is 7.89. The first-order chi connectivity index (χ1) is 9.77. The minimum absolute atomic E-state index is 0.0282. The van der Waals surface area contributed by atoms with E-state index in [1.807, 2.05) is 32.7 Å². The topological polar surface area (TPSA) is 61.4 Å². The Labute approximate surface area is 129 Å². The second-order valence-corrected chi connectivity index (χ2v) is 6.29. The average molecular weight is 299 g/mol. The molecule has 0 bridgehead atoms. The Morgan fingerprint density at radius 1 is 1.29 bits per heavy atom.